The lowest BCUT2D eigenvalue weighted by atomic mass is 9.99. The molecule has 0 unspecified atom stereocenters. The van der Waals surface area contributed by atoms with Crippen LogP contribution in [0.1, 0.15) is 43.1 Å². The predicted octanol–water partition coefficient (Wildman–Crippen LogP) is 1.75. The van der Waals surface area contributed by atoms with Gasteiger partial charge in [0.2, 0.25) is 5.91 Å². The van der Waals surface area contributed by atoms with Gasteiger partial charge in [0.15, 0.2) is 5.79 Å². The van der Waals surface area contributed by atoms with Crippen LogP contribution >= 0.6 is 0 Å². The molecule has 0 saturated heterocycles. The fraction of sp³-hybridized carbons (Fsp3) is 0.591. The molecule has 2 atom stereocenters. The number of hydrogen-bond donors (Lipinski definition) is 2. The van der Waals surface area contributed by atoms with E-state index in [2.05, 4.69) is 10.8 Å². The number of methoxy groups -OCH3 is 2. The molecule has 0 radical (unpaired) electrons. The summed E-state index contributed by atoms with van der Waals surface area (Å²) in [5.41, 5.74) is 3.22. The highest BCUT2D eigenvalue weighted by Crippen LogP contribution is 2.13. The Morgan fingerprint density at radius 2 is 1.81 bits per heavy atom. The Balaban J connectivity index is 2.86. The first-order chi connectivity index (χ1) is 15.3. The van der Waals surface area contributed by atoms with Gasteiger partial charge in [0.1, 0.15) is 6.79 Å². The van der Waals surface area contributed by atoms with Crippen LogP contribution in [0, 0.1) is 17.2 Å². The standard InChI is InChI=1S/C22H33N3O7/c1-6-30-15-31-14-19(24-20(26)17-9-7-16(12-23)8-10-17)11-18(13-28-4)21(27)25-32-22(2,3)29-5/h7-10,18-19H,6,11,13-15H2,1-5H3,(H,24,26)(H,25,27)/t18-,19+/m1/s1. The second-order valence-electron chi connectivity index (χ2n) is 7.40. The zero-order chi connectivity index (χ0) is 24.0. The fourth-order valence-corrected chi connectivity index (χ4v) is 2.56. The van der Waals surface area contributed by atoms with Crippen molar-refractivity contribution in [2.24, 2.45) is 5.92 Å². The minimum Gasteiger partial charge on any atom is -0.384 e. The quantitative estimate of drug-likeness (QED) is 0.234. The molecule has 1 aromatic rings. The first-order valence-electron chi connectivity index (χ1n) is 10.2. The van der Waals surface area contributed by atoms with Crippen molar-refractivity contribution in [3.05, 3.63) is 35.4 Å². The van der Waals surface area contributed by atoms with E-state index >= 15 is 0 Å². The monoisotopic (exact) mass is 451 g/mol. The molecule has 2 N–H and O–H groups in total. The number of ether oxygens (including phenoxy) is 4. The van der Waals surface area contributed by atoms with E-state index in [1.54, 1.807) is 38.1 Å². The Labute approximate surface area is 189 Å². The van der Waals surface area contributed by atoms with E-state index in [4.69, 9.17) is 29.0 Å². The molecular weight excluding hydrogens is 418 g/mol. The molecule has 178 valence electrons. The maximum absolute atomic E-state index is 12.7. The molecule has 0 aliphatic rings. The van der Waals surface area contributed by atoms with Crippen LogP contribution in [0.2, 0.25) is 0 Å². The van der Waals surface area contributed by atoms with Gasteiger partial charge in [-0.1, -0.05) is 0 Å². The minimum atomic E-state index is -1.00. The third-order valence-electron chi connectivity index (χ3n) is 4.50. The first-order valence-corrected chi connectivity index (χ1v) is 10.2. The number of nitrogens with one attached hydrogen (secondary N) is 2. The minimum absolute atomic E-state index is 0.0615. The van der Waals surface area contributed by atoms with Crippen molar-refractivity contribution in [2.45, 2.75) is 39.0 Å². The molecule has 0 aromatic heterocycles. The average Bonchev–Trinajstić information content (AvgIpc) is 2.79. The van der Waals surface area contributed by atoms with E-state index in [1.165, 1.54) is 14.2 Å². The van der Waals surface area contributed by atoms with Gasteiger partial charge >= 0.3 is 0 Å². The van der Waals surface area contributed by atoms with E-state index in [-0.39, 0.29) is 32.3 Å². The summed E-state index contributed by atoms with van der Waals surface area (Å²) < 4.78 is 21.0. The Bertz CT molecular complexity index is 747. The maximum Gasteiger partial charge on any atom is 0.251 e. The fourth-order valence-electron chi connectivity index (χ4n) is 2.56. The van der Waals surface area contributed by atoms with Crippen LogP contribution in [-0.2, 0) is 28.6 Å². The van der Waals surface area contributed by atoms with Gasteiger partial charge in [-0.15, -0.1) is 0 Å². The number of hydrogen-bond acceptors (Lipinski definition) is 8. The summed E-state index contributed by atoms with van der Waals surface area (Å²) >= 11 is 0. The summed E-state index contributed by atoms with van der Waals surface area (Å²) in [4.78, 5) is 30.6. The zero-order valence-corrected chi connectivity index (χ0v) is 19.3. The molecule has 10 heteroatoms. The molecule has 0 heterocycles. The van der Waals surface area contributed by atoms with Crippen LogP contribution in [0.4, 0.5) is 0 Å². The lowest BCUT2D eigenvalue weighted by Crippen LogP contribution is -2.45. The Morgan fingerprint density at radius 1 is 1.12 bits per heavy atom. The van der Waals surface area contributed by atoms with Crippen molar-refractivity contribution in [1.29, 1.82) is 5.26 Å². The van der Waals surface area contributed by atoms with Crippen LogP contribution in [0.3, 0.4) is 0 Å². The Kier molecular flexibility index (Phi) is 12.5. The predicted molar refractivity (Wildman–Crippen MR) is 115 cm³/mol. The normalized spacial score (nSPS) is 13.1. The Morgan fingerprint density at radius 3 is 2.38 bits per heavy atom. The van der Waals surface area contributed by atoms with Gasteiger partial charge in [-0.25, -0.2) is 10.3 Å². The van der Waals surface area contributed by atoms with Gasteiger partial charge in [0.05, 0.1) is 36.8 Å². The number of carbonyl (C=O) groups excluding carboxylic acids is 2. The number of amides is 2. The summed E-state index contributed by atoms with van der Waals surface area (Å²) in [6, 6.07) is 7.74. The third-order valence-corrected chi connectivity index (χ3v) is 4.50. The molecular formula is C22H33N3O7. The highest BCUT2D eigenvalue weighted by molar-refractivity contribution is 5.94. The molecule has 32 heavy (non-hydrogen) atoms. The molecule has 0 aliphatic carbocycles. The van der Waals surface area contributed by atoms with Gasteiger partial charge in [0.25, 0.3) is 5.91 Å². The van der Waals surface area contributed by atoms with Crippen molar-refractivity contribution in [3.63, 3.8) is 0 Å². The number of rotatable bonds is 15. The number of nitriles is 1. The van der Waals surface area contributed by atoms with Gasteiger partial charge < -0.3 is 24.3 Å². The van der Waals surface area contributed by atoms with Crippen molar-refractivity contribution in [1.82, 2.24) is 10.8 Å². The average molecular weight is 452 g/mol. The largest absolute Gasteiger partial charge is 0.384 e. The first kappa shape index (κ1) is 27.5. The van der Waals surface area contributed by atoms with E-state index in [1.807, 2.05) is 13.0 Å². The summed E-state index contributed by atoms with van der Waals surface area (Å²) in [6.07, 6.45) is 0.227. The molecule has 0 saturated carbocycles. The van der Waals surface area contributed by atoms with Gasteiger partial charge in [-0.2, -0.15) is 5.26 Å². The number of carbonyl (C=O) groups is 2. The molecule has 10 nitrogen and oxygen atoms in total. The lowest BCUT2D eigenvalue weighted by molar-refractivity contribution is -0.233. The molecule has 0 spiro atoms. The molecule has 0 bridgehead atoms. The third kappa shape index (κ3) is 10.2. The van der Waals surface area contributed by atoms with E-state index < -0.39 is 23.7 Å². The molecule has 0 aliphatic heterocycles. The summed E-state index contributed by atoms with van der Waals surface area (Å²) in [5, 5.41) is 11.8. The summed E-state index contributed by atoms with van der Waals surface area (Å²) in [7, 11) is 2.94. The topological polar surface area (TPSA) is 128 Å². The lowest BCUT2D eigenvalue weighted by Gasteiger charge is -2.26. The van der Waals surface area contributed by atoms with Crippen LogP contribution in [-0.4, -0.2) is 64.5 Å². The molecule has 1 aromatic carbocycles. The van der Waals surface area contributed by atoms with Gasteiger partial charge in [-0.05, 0) is 51.5 Å². The van der Waals surface area contributed by atoms with Crippen molar-refractivity contribution >= 4 is 11.8 Å². The number of nitrogens with zero attached hydrogens (tertiary/aromatic N) is 1. The number of benzene rings is 1. The molecule has 1 rings (SSSR count). The summed E-state index contributed by atoms with van der Waals surface area (Å²) in [5.74, 6) is -2.40. The second kappa shape index (κ2) is 14.5. The number of hydroxylamine groups is 1. The molecule has 0 fully saturated rings. The zero-order valence-electron chi connectivity index (χ0n) is 19.3. The van der Waals surface area contributed by atoms with Crippen LogP contribution in [0.5, 0.6) is 0 Å². The van der Waals surface area contributed by atoms with Crippen LogP contribution in [0.25, 0.3) is 0 Å². The maximum atomic E-state index is 12.7. The summed E-state index contributed by atoms with van der Waals surface area (Å²) in [6.45, 7) is 5.93. The van der Waals surface area contributed by atoms with Crippen molar-refractivity contribution in [3.8, 4) is 6.07 Å². The highest BCUT2D eigenvalue weighted by atomic mass is 16.8. The van der Waals surface area contributed by atoms with Crippen LogP contribution < -0.4 is 10.8 Å². The highest BCUT2D eigenvalue weighted by Gasteiger charge is 2.27. The molecule has 2 amide bonds. The smallest absolute Gasteiger partial charge is 0.251 e. The van der Waals surface area contributed by atoms with Gasteiger partial charge in [-0.3, -0.25) is 9.59 Å². The Hall–Kier alpha value is -2.55. The van der Waals surface area contributed by atoms with Crippen LogP contribution in [0.15, 0.2) is 24.3 Å². The second-order valence-corrected chi connectivity index (χ2v) is 7.40. The van der Waals surface area contributed by atoms with E-state index in [0.717, 1.165) is 0 Å². The van der Waals surface area contributed by atoms with E-state index in [9.17, 15) is 9.59 Å². The SMILES string of the molecule is CCOCOC[C@H](C[C@H](COC)C(=O)NOC(C)(C)OC)NC(=O)c1ccc(C#N)cc1. The van der Waals surface area contributed by atoms with E-state index in [0.29, 0.717) is 17.7 Å². The van der Waals surface area contributed by atoms with Gasteiger partial charge in [0, 0.05) is 26.4 Å². The van der Waals surface area contributed by atoms with Crippen molar-refractivity contribution < 1.29 is 33.4 Å². The van der Waals surface area contributed by atoms with Crippen molar-refractivity contribution in [2.75, 3.05) is 40.8 Å².